The Morgan fingerprint density at radius 1 is 1.29 bits per heavy atom. The third-order valence-electron chi connectivity index (χ3n) is 2.53. The van der Waals surface area contributed by atoms with Gasteiger partial charge < -0.3 is 11.1 Å². The highest BCUT2D eigenvalue weighted by atomic mass is 32.1. The molecule has 3 N–H and O–H groups in total. The minimum atomic E-state index is -0.0863. The molecule has 0 aliphatic heterocycles. The van der Waals surface area contributed by atoms with Crippen molar-refractivity contribution < 1.29 is 4.79 Å². The van der Waals surface area contributed by atoms with Crippen molar-refractivity contribution in [1.29, 1.82) is 0 Å². The fraction of sp³-hybridized carbons (Fsp3) is 0.154. The SMILES string of the molecule is Cc1cc(C(=O)Nc2cccc(N)c2)sc1C. The van der Waals surface area contributed by atoms with E-state index in [4.69, 9.17) is 5.73 Å². The number of hydrogen-bond acceptors (Lipinski definition) is 3. The van der Waals surface area contributed by atoms with Crippen molar-refractivity contribution in [2.45, 2.75) is 13.8 Å². The van der Waals surface area contributed by atoms with Crippen LogP contribution in [-0.2, 0) is 0 Å². The molecule has 2 aromatic rings. The quantitative estimate of drug-likeness (QED) is 0.799. The summed E-state index contributed by atoms with van der Waals surface area (Å²) in [7, 11) is 0. The molecule has 88 valence electrons. The van der Waals surface area contributed by atoms with E-state index < -0.39 is 0 Å². The monoisotopic (exact) mass is 246 g/mol. The lowest BCUT2D eigenvalue weighted by molar-refractivity contribution is 0.103. The fourth-order valence-corrected chi connectivity index (χ4v) is 2.42. The van der Waals surface area contributed by atoms with Gasteiger partial charge in [-0.05, 0) is 43.7 Å². The van der Waals surface area contributed by atoms with Crippen LogP contribution < -0.4 is 11.1 Å². The molecule has 0 aliphatic rings. The van der Waals surface area contributed by atoms with Crippen LogP contribution in [0.2, 0.25) is 0 Å². The lowest BCUT2D eigenvalue weighted by Crippen LogP contribution is -2.10. The van der Waals surface area contributed by atoms with Gasteiger partial charge in [0.1, 0.15) is 0 Å². The van der Waals surface area contributed by atoms with Crippen molar-refractivity contribution in [2.75, 3.05) is 11.1 Å². The van der Waals surface area contributed by atoms with Crippen LogP contribution in [0, 0.1) is 13.8 Å². The van der Waals surface area contributed by atoms with Crippen LogP contribution in [0.3, 0.4) is 0 Å². The molecule has 0 fully saturated rings. The van der Waals surface area contributed by atoms with E-state index >= 15 is 0 Å². The maximum Gasteiger partial charge on any atom is 0.265 e. The predicted octanol–water partition coefficient (Wildman–Crippen LogP) is 3.20. The zero-order chi connectivity index (χ0) is 12.4. The molecular formula is C13H14N2OS. The minimum absolute atomic E-state index is 0.0863. The molecule has 0 radical (unpaired) electrons. The Labute approximate surface area is 104 Å². The zero-order valence-electron chi connectivity index (χ0n) is 9.78. The molecule has 0 bridgehead atoms. The lowest BCUT2D eigenvalue weighted by Gasteiger charge is -2.03. The molecule has 1 aromatic carbocycles. The average molecular weight is 246 g/mol. The van der Waals surface area contributed by atoms with Gasteiger partial charge in [0.05, 0.1) is 4.88 Å². The summed E-state index contributed by atoms with van der Waals surface area (Å²) < 4.78 is 0. The van der Waals surface area contributed by atoms with Gasteiger partial charge in [-0.25, -0.2) is 0 Å². The van der Waals surface area contributed by atoms with E-state index in [2.05, 4.69) is 5.32 Å². The Balaban J connectivity index is 2.17. The van der Waals surface area contributed by atoms with Crippen molar-refractivity contribution in [2.24, 2.45) is 0 Å². The second kappa shape index (κ2) is 4.59. The maximum atomic E-state index is 11.9. The normalized spacial score (nSPS) is 10.2. The molecule has 3 nitrogen and oxygen atoms in total. The van der Waals surface area contributed by atoms with Crippen LogP contribution in [0.25, 0.3) is 0 Å². The van der Waals surface area contributed by atoms with Gasteiger partial charge in [0.25, 0.3) is 5.91 Å². The maximum absolute atomic E-state index is 11.9. The summed E-state index contributed by atoms with van der Waals surface area (Å²) in [6, 6.07) is 9.07. The van der Waals surface area contributed by atoms with Crippen LogP contribution in [0.1, 0.15) is 20.1 Å². The number of anilines is 2. The van der Waals surface area contributed by atoms with E-state index in [1.54, 1.807) is 12.1 Å². The summed E-state index contributed by atoms with van der Waals surface area (Å²) in [5.74, 6) is -0.0863. The van der Waals surface area contributed by atoms with Gasteiger partial charge >= 0.3 is 0 Å². The van der Waals surface area contributed by atoms with E-state index in [1.807, 2.05) is 32.0 Å². The second-order valence-corrected chi connectivity index (χ2v) is 5.19. The van der Waals surface area contributed by atoms with Gasteiger partial charge in [-0.1, -0.05) is 6.07 Å². The lowest BCUT2D eigenvalue weighted by atomic mass is 10.2. The summed E-state index contributed by atoms with van der Waals surface area (Å²) in [6.07, 6.45) is 0. The van der Waals surface area contributed by atoms with E-state index in [1.165, 1.54) is 16.2 Å². The van der Waals surface area contributed by atoms with Crippen LogP contribution in [-0.4, -0.2) is 5.91 Å². The molecular weight excluding hydrogens is 232 g/mol. The fourth-order valence-electron chi connectivity index (χ4n) is 1.49. The molecule has 17 heavy (non-hydrogen) atoms. The molecule has 0 atom stereocenters. The van der Waals surface area contributed by atoms with Gasteiger partial charge in [0.15, 0.2) is 0 Å². The predicted molar refractivity (Wildman–Crippen MR) is 72.6 cm³/mol. The number of thiophene rings is 1. The van der Waals surface area contributed by atoms with E-state index in [9.17, 15) is 4.79 Å². The Bertz CT molecular complexity index is 541. The third-order valence-corrected chi connectivity index (χ3v) is 3.69. The van der Waals surface area contributed by atoms with Crippen LogP contribution in [0.5, 0.6) is 0 Å². The molecule has 1 heterocycles. The highest BCUT2D eigenvalue weighted by Gasteiger charge is 2.10. The van der Waals surface area contributed by atoms with Gasteiger partial charge in [0, 0.05) is 16.3 Å². The first-order valence-electron chi connectivity index (χ1n) is 5.30. The number of carbonyl (C=O) groups is 1. The number of nitrogens with two attached hydrogens (primary N) is 1. The van der Waals surface area contributed by atoms with Crippen molar-refractivity contribution in [3.8, 4) is 0 Å². The summed E-state index contributed by atoms with van der Waals surface area (Å²) in [4.78, 5) is 13.8. The number of aryl methyl sites for hydroxylation is 2. The number of nitrogens with one attached hydrogen (secondary N) is 1. The van der Waals surface area contributed by atoms with Crippen molar-refractivity contribution >= 4 is 28.6 Å². The van der Waals surface area contributed by atoms with Gasteiger partial charge in [-0.3, -0.25) is 4.79 Å². The second-order valence-electron chi connectivity index (χ2n) is 3.93. The van der Waals surface area contributed by atoms with Crippen molar-refractivity contribution in [1.82, 2.24) is 0 Å². The Kier molecular flexibility index (Phi) is 3.15. The molecule has 4 heteroatoms. The minimum Gasteiger partial charge on any atom is -0.399 e. The van der Waals surface area contributed by atoms with Crippen LogP contribution in [0.15, 0.2) is 30.3 Å². The average Bonchev–Trinajstić information content (AvgIpc) is 2.59. The topological polar surface area (TPSA) is 55.1 Å². The highest BCUT2D eigenvalue weighted by Crippen LogP contribution is 2.22. The highest BCUT2D eigenvalue weighted by molar-refractivity contribution is 7.14. The molecule has 0 spiro atoms. The number of rotatable bonds is 2. The summed E-state index contributed by atoms with van der Waals surface area (Å²) in [5.41, 5.74) is 8.16. The number of nitrogen functional groups attached to an aromatic ring is 1. The molecule has 2 rings (SSSR count). The first-order chi connectivity index (χ1) is 8.06. The Hall–Kier alpha value is -1.81. The van der Waals surface area contributed by atoms with E-state index in [0.29, 0.717) is 5.69 Å². The number of carbonyl (C=O) groups excluding carboxylic acids is 1. The van der Waals surface area contributed by atoms with E-state index in [0.717, 1.165) is 16.1 Å². The van der Waals surface area contributed by atoms with Crippen LogP contribution in [0.4, 0.5) is 11.4 Å². The molecule has 0 unspecified atom stereocenters. The molecule has 1 aromatic heterocycles. The zero-order valence-corrected chi connectivity index (χ0v) is 10.6. The van der Waals surface area contributed by atoms with Crippen LogP contribution >= 0.6 is 11.3 Å². The molecule has 0 saturated carbocycles. The first-order valence-corrected chi connectivity index (χ1v) is 6.12. The number of amides is 1. The van der Waals surface area contributed by atoms with Gasteiger partial charge in [0.2, 0.25) is 0 Å². The molecule has 0 saturated heterocycles. The first kappa shape index (κ1) is 11.7. The summed E-state index contributed by atoms with van der Waals surface area (Å²) >= 11 is 1.50. The standard InChI is InChI=1S/C13H14N2OS/c1-8-6-12(17-9(8)2)13(16)15-11-5-3-4-10(14)7-11/h3-7H,14H2,1-2H3,(H,15,16). The summed E-state index contributed by atoms with van der Waals surface area (Å²) in [5, 5.41) is 2.83. The van der Waals surface area contributed by atoms with Gasteiger partial charge in [-0.2, -0.15) is 0 Å². The summed E-state index contributed by atoms with van der Waals surface area (Å²) in [6.45, 7) is 4.01. The molecule has 0 aliphatic carbocycles. The van der Waals surface area contributed by atoms with Crippen molar-refractivity contribution in [3.63, 3.8) is 0 Å². The number of benzene rings is 1. The van der Waals surface area contributed by atoms with E-state index in [-0.39, 0.29) is 5.91 Å². The smallest absolute Gasteiger partial charge is 0.265 e. The number of hydrogen-bond donors (Lipinski definition) is 2. The molecule has 1 amide bonds. The largest absolute Gasteiger partial charge is 0.399 e. The Morgan fingerprint density at radius 3 is 2.65 bits per heavy atom. The van der Waals surface area contributed by atoms with Gasteiger partial charge in [-0.15, -0.1) is 11.3 Å². The van der Waals surface area contributed by atoms with Crippen molar-refractivity contribution in [3.05, 3.63) is 45.6 Å². The Morgan fingerprint density at radius 2 is 2.06 bits per heavy atom. The third kappa shape index (κ3) is 2.65.